The average molecular weight is 213 g/mol. The zero-order valence-electron chi connectivity index (χ0n) is 9.87. The van der Waals surface area contributed by atoms with E-state index in [1.165, 1.54) is 16.7 Å². The third-order valence-corrected chi connectivity index (χ3v) is 3.10. The van der Waals surface area contributed by atoms with Crippen LogP contribution in [0.2, 0.25) is 0 Å². The molecule has 0 bridgehead atoms. The number of fused-ring (bicyclic) bond motifs is 1. The molecule has 1 unspecified atom stereocenters. The number of aryl methyl sites for hydroxylation is 1. The van der Waals surface area contributed by atoms with Crippen LogP contribution in [0, 0.1) is 0 Å². The Morgan fingerprint density at radius 1 is 1.44 bits per heavy atom. The molecular formula is C15H19N. The van der Waals surface area contributed by atoms with Crippen molar-refractivity contribution in [1.29, 1.82) is 0 Å². The molecule has 0 spiro atoms. The van der Waals surface area contributed by atoms with Gasteiger partial charge < -0.3 is 5.32 Å². The van der Waals surface area contributed by atoms with Gasteiger partial charge in [0, 0.05) is 0 Å². The van der Waals surface area contributed by atoms with Gasteiger partial charge in [-0.3, -0.25) is 0 Å². The van der Waals surface area contributed by atoms with Crippen molar-refractivity contribution in [1.82, 2.24) is 5.32 Å². The molecule has 1 heteroatoms. The standard InChI is InChI=1S/C15H19N/c1-3-15(16-4-2)14-11-7-9-12-8-5-6-10-13(12)14/h3,5-6,8,10-11,15-16H,1,4,7,9H2,2H3. The normalized spacial score (nSPS) is 16.2. The van der Waals surface area contributed by atoms with E-state index in [0.717, 1.165) is 19.4 Å². The summed E-state index contributed by atoms with van der Waals surface area (Å²) >= 11 is 0. The molecule has 0 fully saturated rings. The highest BCUT2D eigenvalue weighted by atomic mass is 14.9. The Hall–Kier alpha value is -1.34. The lowest BCUT2D eigenvalue weighted by molar-refractivity contribution is 0.714. The Kier molecular flexibility index (Phi) is 3.58. The van der Waals surface area contributed by atoms with Gasteiger partial charge in [-0.15, -0.1) is 6.58 Å². The van der Waals surface area contributed by atoms with Crippen LogP contribution in [0.4, 0.5) is 0 Å². The first kappa shape index (κ1) is 11.2. The zero-order valence-corrected chi connectivity index (χ0v) is 9.87. The molecule has 0 radical (unpaired) electrons. The van der Waals surface area contributed by atoms with Crippen LogP contribution in [0.3, 0.4) is 0 Å². The van der Waals surface area contributed by atoms with E-state index in [2.05, 4.69) is 49.2 Å². The fraction of sp³-hybridized carbons (Fsp3) is 0.333. The van der Waals surface area contributed by atoms with Crippen LogP contribution in [0.1, 0.15) is 24.5 Å². The maximum Gasteiger partial charge on any atom is 0.0506 e. The van der Waals surface area contributed by atoms with E-state index in [9.17, 15) is 0 Å². The molecule has 0 aliphatic heterocycles. The van der Waals surface area contributed by atoms with Gasteiger partial charge in [0.2, 0.25) is 0 Å². The van der Waals surface area contributed by atoms with Crippen molar-refractivity contribution >= 4 is 5.57 Å². The highest BCUT2D eigenvalue weighted by Crippen LogP contribution is 2.28. The number of hydrogen-bond acceptors (Lipinski definition) is 1. The molecule has 0 aromatic heterocycles. The third-order valence-electron chi connectivity index (χ3n) is 3.10. The minimum absolute atomic E-state index is 0.284. The second-order valence-corrected chi connectivity index (χ2v) is 4.13. The maximum absolute atomic E-state index is 3.92. The first-order valence-electron chi connectivity index (χ1n) is 6.01. The summed E-state index contributed by atoms with van der Waals surface area (Å²) in [5.74, 6) is 0. The highest BCUT2D eigenvalue weighted by molar-refractivity contribution is 5.74. The van der Waals surface area contributed by atoms with E-state index >= 15 is 0 Å². The molecule has 16 heavy (non-hydrogen) atoms. The molecule has 1 N–H and O–H groups in total. The Balaban J connectivity index is 2.34. The average Bonchev–Trinajstić information content (AvgIpc) is 2.35. The number of likely N-dealkylation sites (N-methyl/N-ethyl adjacent to an activating group) is 1. The summed E-state index contributed by atoms with van der Waals surface area (Å²) in [5, 5.41) is 3.46. The summed E-state index contributed by atoms with van der Waals surface area (Å²) in [6.45, 7) is 7.02. The number of hydrogen-bond donors (Lipinski definition) is 1. The Morgan fingerprint density at radius 3 is 3.00 bits per heavy atom. The minimum atomic E-state index is 0.284. The van der Waals surface area contributed by atoms with Crippen LogP contribution in [0.15, 0.2) is 43.0 Å². The Morgan fingerprint density at radius 2 is 2.25 bits per heavy atom. The van der Waals surface area contributed by atoms with Gasteiger partial charge in [0.15, 0.2) is 0 Å². The van der Waals surface area contributed by atoms with Crippen molar-refractivity contribution in [2.45, 2.75) is 25.8 Å². The number of benzene rings is 1. The molecule has 0 amide bonds. The van der Waals surface area contributed by atoms with Crippen molar-refractivity contribution in [2.75, 3.05) is 6.54 Å². The quantitative estimate of drug-likeness (QED) is 0.757. The van der Waals surface area contributed by atoms with Crippen molar-refractivity contribution in [3.63, 3.8) is 0 Å². The van der Waals surface area contributed by atoms with Crippen molar-refractivity contribution in [2.24, 2.45) is 0 Å². The van der Waals surface area contributed by atoms with Crippen molar-refractivity contribution in [3.8, 4) is 0 Å². The van der Waals surface area contributed by atoms with Gasteiger partial charge >= 0.3 is 0 Å². The first-order chi connectivity index (χ1) is 7.86. The summed E-state index contributed by atoms with van der Waals surface area (Å²) in [5.41, 5.74) is 4.24. The third kappa shape index (κ3) is 2.10. The summed E-state index contributed by atoms with van der Waals surface area (Å²) in [6.07, 6.45) is 6.65. The Bertz CT molecular complexity index is 404. The summed E-state index contributed by atoms with van der Waals surface area (Å²) < 4.78 is 0. The lowest BCUT2D eigenvalue weighted by Gasteiger charge is -2.23. The van der Waals surface area contributed by atoms with Gasteiger partial charge in [0.25, 0.3) is 0 Å². The monoisotopic (exact) mass is 213 g/mol. The summed E-state index contributed by atoms with van der Waals surface area (Å²) in [6, 6.07) is 8.97. The molecule has 2 rings (SSSR count). The van der Waals surface area contributed by atoms with E-state index in [-0.39, 0.29) is 6.04 Å². The van der Waals surface area contributed by atoms with Crippen LogP contribution >= 0.6 is 0 Å². The van der Waals surface area contributed by atoms with Crippen LogP contribution in [0.5, 0.6) is 0 Å². The van der Waals surface area contributed by atoms with Crippen LogP contribution < -0.4 is 5.32 Å². The molecule has 1 aliphatic rings. The van der Waals surface area contributed by atoms with E-state index < -0.39 is 0 Å². The van der Waals surface area contributed by atoms with Gasteiger partial charge in [0.05, 0.1) is 6.04 Å². The van der Waals surface area contributed by atoms with E-state index in [1.807, 2.05) is 6.08 Å². The smallest absolute Gasteiger partial charge is 0.0506 e. The highest BCUT2D eigenvalue weighted by Gasteiger charge is 2.17. The lowest BCUT2D eigenvalue weighted by Crippen LogP contribution is -2.29. The number of nitrogens with one attached hydrogen (secondary N) is 1. The van der Waals surface area contributed by atoms with E-state index in [0.29, 0.717) is 0 Å². The van der Waals surface area contributed by atoms with E-state index in [1.54, 1.807) is 0 Å². The van der Waals surface area contributed by atoms with E-state index in [4.69, 9.17) is 0 Å². The molecule has 1 aromatic rings. The molecule has 0 saturated heterocycles. The lowest BCUT2D eigenvalue weighted by atomic mass is 9.87. The molecule has 1 aromatic carbocycles. The molecular weight excluding hydrogens is 194 g/mol. The van der Waals surface area contributed by atoms with Crippen LogP contribution in [-0.2, 0) is 6.42 Å². The van der Waals surface area contributed by atoms with Crippen LogP contribution in [-0.4, -0.2) is 12.6 Å². The Labute approximate surface area is 97.9 Å². The SMILES string of the molecule is C=CC(NCC)C1=CCCc2ccccc21. The predicted molar refractivity (Wildman–Crippen MR) is 70.4 cm³/mol. The molecule has 0 heterocycles. The minimum Gasteiger partial charge on any atom is -0.307 e. The summed E-state index contributed by atoms with van der Waals surface area (Å²) in [4.78, 5) is 0. The molecule has 1 atom stereocenters. The van der Waals surface area contributed by atoms with Gasteiger partial charge in [-0.05, 0) is 36.1 Å². The number of allylic oxidation sites excluding steroid dienone is 1. The van der Waals surface area contributed by atoms with Gasteiger partial charge in [-0.1, -0.05) is 43.3 Å². The largest absolute Gasteiger partial charge is 0.307 e. The van der Waals surface area contributed by atoms with Crippen molar-refractivity contribution < 1.29 is 0 Å². The molecule has 84 valence electrons. The fourth-order valence-electron chi connectivity index (χ4n) is 2.35. The second kappa shape index (κ2) is 5.13. The number of rotatable bonds is 4. The van der Waals surface area contributed by atoms with Gasteiger partial charge in [-0.25, -0.2) is 0 Å². The molecule has 1 aliphatic carbocycles. The molecule has 1 nitrogen and oxygen atoms in total. The van der Waals surface area contributed by atoms with Gasteiger partial charge in [0.1, 0.15) is 0 Å². The predicted octanol–water partition coefficient (Wildman–Crippen LogP) is 3.18. The van der Waals surface area contributed by atoms with Crippen molar-refractivity contribution in [3.05, 3.63) is 54.1 Å². The van der Waals surface area contributed by atoms with Crippen LogP contribution in [0.25, 0.3) is 5.57 Å². The maximum atomic E-state index is 3.92. The molecule has 0 saturated carbocycles. The zero-order chi connectivity index (χ0) is 11.4. The topological polar surface area (TPSA) is 12.0 Å². The fourth-order valence-corrected chi connectivity index (χ4v) is 2.35. The first-order valence-corrected chi connectivity index (χ1v) is 6.01. The summed E-state index contributed by atoms with van der Waals surface area (Å²) in [7, 11) is 0. The second-order valence-electron chi connectivity index (χ2n) is 4.13. The van der Waals surface area contributed by atoms with Gasteiger partial charge in [-0.2, -0.15) is 0 Å².